The molecular formula is C15H31NO2. The van der Waals surface area contributed by atoms with Crippen molar-refractivity contribution in [2.24, 2.45) is 5.92 Å². The van der Waals surface area contributed by atoms with Gasteiger partial charge < -0.3 is 14.7 Å². The molecule has 0 amide bonds. The Morgan fingerprint density at radius 1 is 1.28 bits per heavy atom. The quantitative estimate of drug-likeness (QED) is 0.689. The van der Waals surface area contributed by atoms with Crippen LogP contribution in [0.15, 0.2) is 0 Å². The molecule has 0 spiro atoms. The first kappa shape index (κ1) is 15.9. The monoisotopic (exact) mass is 257 g/mol. The average molecular weight is 257 g/mol. The van der Waals surface area contributed by atoms with Crippen molar-refractivity contribution in [3.05, 3.63) is 0 Å². The average Bonchev–Trinajstić information content (AvgIpc) is 2.42. The predicted molar refractivity (Wildman–Crippen MR) is 75.8 cm³/mol. The van der Waals surface area contributed by atoms with Crippen LogP contribution < -0.4 is 0 Å². The van der Waals surface area contributed by atoms with Crippen LogP contribution in [-0.4, -0.2) is 49.0 Å². The fourth-order valence-corrected chi connectivity index (χ4v) is 2.76. The van der Waals surface area contributed by atoms with E-state index in [-0.39, 0.29) is 6.61 Å². The van der Waals surface area contributed by atoms with Crippen molar-refractivity contribution in [1.29, 1.82) is 0 Å². The van der Waals surface area contributed by atoms with Gasteiger partial charge in [-0.2, -0.15) is 0 Å². The van der Waals surface area contributed by atoms with Crippen molar-refractivity contribution in [1.82, 2.24) is 4.90 Å². The first-order valence-electron chi connectivity index (χ1n) is 7.74. The maximum atomic E-state index is 8.75. The normalized spacial score (nSPS) is 20.2. The second-order valence-electron chi connectivity index (χ2n) is 5.51. The summed E-state index contributed by atoms with van der Waals surface area (Å²) >= 11 is 0. The summed E-state index contributed by atoms with van der Waals surface area (Å²) in [5, 5.41) is 8.75. The molecule has 0 aliphatic carbocycles. The van der Waals surface area contributed by atoms with Gasteiger partial charge in [-0.15, -0.1) is 0 Å². The minimum absolute atomic E-state index is 0.148. The van der Waals surface area contributed by atoms with E-state index in [1.807, 2.05) is 0 Å². The summed E-state index contributed by atoms with van der Waals surface area (Å²) in [5.74, 6) is 0.875. The molecule has 3 heteroatoms. The fourth-order valence-electron chi connectivity index (χ4n) is 2.76. The van der Waals surface area contributed by atoms with E-state index in [4.69, 9.17) is 9.84 Å². The van der Waals surface area contributed by atoms with Gasteiger partial charge in [-0.1, -0.05) is 33.1 Å². The van der Waals surface area contributed by atoms with E-state index < -0.39 is 0 Å². The number of hydrogen-bond acceptors (Lipinski definition) is 3. The van der Waals surface area contributed by atoms with Crippen LogP contribution in [0.2, 0.25) is 0 Å². The molecular weight excluding hydrogens is 226 g/mol. The Bertz CT molecular complexity index is 191. The molecule has 0 aromatic carbocycles. The van der Waals surface area contributed by atoms with Crippen molar-refractivity contribution in [3.63, 3.8) is 0 Å². The Labute approximate surface area is 113 Å². The molecule has 1 aliphatic heterocycles. The van der Waals surface area contributed by atoms with Crippen LogP contribution in [0.3, 0.4) is 0 Å². The molecule has 0 aromatic heterocycles. The molecule has 1 atom stereocenters. The van der Waals surface area contributed by atoms with Gasteiger partial charge in [0.05, 0.1) is 19.3 Å². The first-order valence-corrected chi connectivity index (χ1v) is 7.74. The Kier molecular flexibility index (Phi) is 8.64. The Morgan fingerprint density at radius 2 is 2.00 bits per heavy atom. The van der Waals surface area contributed by atoms with Gasteiger partial charge in [-0.25, -0.2) is 0 Å². The predicted octanol–water partition coefficient (Wildman–Crippen LogP) is 2.68. The number of piperidine rings is 1. The number of aliphatic hydroxyl groups excluding tert-OH is 1. The largest absolute Gasteiger partial charge is 0.394 e. The molecule has 1 rings (SSSR count). The lowest BCUT2D eigenvalue weighted by Crippen LogP contribution is -2.39. The van der Waals surface area contributed by atoms with Gasteiger partial charge in [0.1, 0.15) is 0 Å². The first-order chi connectivity index (χ1) is 8.80. The molecule has 1 unspecified atom stereocenters. The van der Waals surface area contributed by atoms with E-state index in [0.717, 1.165) is 18.8 Å². The highest BCUT2D eigenvalue weighted by molar-refractivity contribution is 4.74. The van der Waals surface area contributed by atoms with Gasteiger partial charge in [0, 0.05) is 19.6 Å². The SMILES string of the molecule is CCCCC(CC)CN1CCC(OCCO)CC1. The van der Waals surface area contributed by atoms with Crippen molar-refractivity contribution < 1.29 is 9.84 Å². The Hall–Kier alpha value is -0.120. The van der Waals surface area contributed by atoms with E-state index in [1.54, 1.807) is 0 Å². The van der Waals surface area contributed by atoms with Crippen LogP contribution in [0.25, 0.3) is 0 Å². The number of nitrogens with zero attached hydrogens (tertiary/aromatic N) is 1. The zero-order chi connectivity index (χ0) is 13.2. The molecule has 18 heavy (non-hydrogen) atoms. The van der Waals surface area contributed by atoms with Crippen LogP contribution in [0.5, 0.6) is 0 Å². The lowest BCUT2D eigenvalue weighted by Gasteiger charge is -2.34. The summed E-state index contributed by atoms with van der Waals surface area (Å²) < 4.78 is 5.60. The van der Waals surface area contributed by atoms with Crippen LogP contribution in [0.1, 0.15) is 52.4 Å². The maximum Gasteiger partial charge on any atom is 0.0701 e. The summed E-state index contributed by atoms with van der Waals surface area (Å²) in [4.78, 5) is 2.60. The molecule has 0 bridgehead atoms. The summed E-state index contributed by atoms with van der Waals surface area (Å²) in [7, 11) is 0. The minimum atomic E-state index is 0.148. The van der Waals surface area contributed by atoms with Gasteiger partial charge in [-0.05, 0) is 25.2 Å². The molecule has 1 heterocycles. The van der Waals surface area contributed by atoms with Gasteiger partial charge in [0.15, 0.2) is 0 Å². The second kappa shape index (κ2) is 9.76. The summed E-state index contributed by atoms with van der Waals surface area (Å²) in [6.45, 7) is 8.84. The number of ether oxygens (including phenoxy) is 1. The summed E-state index contributed by atoms with van der Waals surface area (Å²) in [6, 6.07) is 0. The maximum absolute atomic E-state index is 8.75. The molecule has 1 aliphatic rings. The molecule has 1 N–H and O–H groups in total. The minimum Gasteiger partial charge on any atom is -0.394 e. The van der Waals surface area contributed by atoms with E-state index in [2.05, 4.69) is 18.7 Å². The lowest BCUT2D eigenvalue weighted by molar-refractivity contribution is -0.0102. The highest BCUT2D eigenvalue weighted by atomic mass is 16.5. The molecule has 0 radical (unpaired) electrons. The number of hydrogen-bond donors (Lipinski definition) is 1. The molecule has 1 fully saturated rings. The summed E-state index contributed by atoms with van der Waals surface area (Å²) in [5.41, 5.74) is 0. The molecule has 1 saturated heterocycles. The Morgan fingerprint density at radius 3 is 2.56 bits per heavy atom. The third-order valence-electron chi connectivity index (χ3n) is 4.04. The van der Waals surface area contributed by atoms with Gasteiger partial charge >= 0.3 is 0 Å². The molecule has 0 saturated carbocycles. The topological polar surface area (TPSA) is 32.7 Å². The smallest absolute Gasteiger partial charge is 0.0701 e. The van der Waals surface area contributed by atoms with Crippen molar-refractivity contribution in [3.8, 4) is 0 Å². The van der Waals surface area contributed by atoms with E-state index in [1.165, 1.54) is 45.3 Å². The fraction of sp³-hybridized carbons (Fsp3) is 1.00. The lowest BCUT2D eigenvalue weighted by atomic mass is 9.97. The standard InChI is InChI=1S/C15H31NO2/c1-3-5-6-14(4-2)13-16-9-7-15(8-10-16)18-12-11-17/h14-15,17H,3-13H2,1-2H3. The number of unbranched alkanes of at least 4 members (excludes halogenated alkanes) is 1. The third kappa shape index (κ3) is 6.17. The molecule has 3 nitrogen and oxygen atoms in total. The van der Waals surface area contributed by atoms with Crippen molar-refractivity contribution in [2.75, 3.05) is 32.8 Å². The number of aliphatic hydroxyl groups is 1. The van der Waals surface area contributed by atoms with Crippen LogP contribution in [-0.2, 0) is 4.74 Å². The number of rotatable bonds is 9. The van der Waals surface area contributed by atoms with Crippen molar-refractivity contribution >= 4 is 0 Å². The van der Waals surface area contributed by atoms with Crippen LogP contribution in [0, 0.1) is 5.92 Å². The van der Waals surface area contributed by atoms with E-state index in [0.29, 0.717) is 12.7 Å². The number of likely N-dealkylation sites (tertiary alicyclic amines) is 1. The van der Waals surface area contributed by atoms with Gasteiger partial charge in [0.25, 0.3) is 0 Å². The molecule has 108 valence electrons. The molecule has 0 aromatic rings. The summed E-state index contributed by atoms with van der Waals surface area (Å²) in [6.07, 6.45) is 8.01. The van der Waals surface area contributed by atoms with Crippen LogP contribution in [0.4, 0.5) is 0 Å². The highest BCUT2D eigenvalue weighted by Crippen LogP contribution is 2.19. The van der Waals surface area contributed by atoms with E-state index in [9.17, 15) is 0 Å². The van der Waals surface area contributed by atoms with Crippen molar-refractivity contribution in [2.45, 2.75) is 58.5 Å². The second-order valence-corrected chi connectivity index (χ2v) is 5.51. The zero-order valence-electron chi connectivity index (χ0n) is 12.2. The van der Waals surface area contributed by atoms with Gasteiger partial charge in [-0.3, -0.25) is 0 Å². The third-order valence-corrected chi connectivity index (χ3v) is 4.04. The zero-order valence-corrected chi connectivity index (χ0v) is 12.2. The highest BCUT2D eigenvalue weighted by Gasteiger charge is 2.21. The van der Waals surface area contributed by atoms with E-state index >= 15 is 0 Å². The van der Waals surface area contributed by atoms with Crippen LogP contribution >= 0.6 is 0 Å². The van der Waals surface area contributed by atoms with Gasteiger partial charge in [0.2, 0.25) is 0 Å². The Balaban J connectivity index is 2.17.